The van der Waals surface area contributed by atoms with Crippen LogP contribution in [0.4, 0.5) is 5.69 Å². The molecule has 3 N–H and O–H groups in total. The lowest BCUT2D eigenvalue weighted by molar-refractivity contribution is 0.0955. The topological polar surface area (TPSA) is 82.8 Å². The van der Waals surface area contributed by atoms with Crippen LogP contribution in [0, 0.1) is 5.92 Å². The molecule has 0 bridgehead atoms. The van der Waals surface area contributed by atoms with E-state index in [4.69, 9.17) is 31.5 Å². The highest BCUT2D eigenvalue weighted by molar-refractivity contribution is 7.99. The first-order valence-electron chi connectivity index (χ1n) is 11.2. The molecule has 1 unspecified atom stereocenters. The molecule has 2 aromatic carbocycles. The van der Waals surface area contributed by atoms with Crippen molar-refractivity contribution in [3.8, 4) is 17.2 Å². The molecule has 0 heterocycles. The van der Waals surface area contributed by atoms with E-state index in [0.29, 0.717) is 40.3 Å². The van der Waals surface area contributed by atoms with Crippen molar-refractivity contribution in [2.45, 2.75) is 37.4 Å². The summed E-state index contributed by atoms with van der Waals surface area (Å²) in [6.07, 6.45) is 6.19. The summed E-state index contributed by atoms with van der Waals surface area (Å²) in [7, 11) is 4.60. The van der Waals surface area contributed by atoms with Gasteiger partial charge in [-0.05, 0) is 54.7 Å². The standard InChI is InChI=1S/C25H33ClN2O4S/c1-30-21-13-17(14-22(31-2)23(21)32-3)25(29)28-11-12-33-24(16-7-5-4-6-8-16)19-15-18(26)9-10-20(19)27/h9-10,13-16,24H,4-8,11-12,27H2,1-3H3,(H,28,29). The predicted molar refractivity (Wildman–Crippen MR) is 136 cm³/mol. The molecule has 2 aromatic rings. The van der Waals surface area contributed by atoms with Crippen molar-refractivity contribution in [2.75, 3.05) is 39.4 Å². The summed E-state index contributed by atoms with van der Waals surface area (Å²) < 4.78 is 16.0. The van der Waals surface area contributed by atoms with Crippen molar-refractivity contribution in [3.63, 3.8) is 0 Å². The quantitative estimate of drug-likeness (QED) is 0.325. The zero-order chi connectivity index (χ0) is 23.8. The summed E-state index contributed by atoms with van der Waals surface area (Å²) >= 11 is 8.13. The van der Waals surface area contributed by atoms with E-state index < -0.39 is 0 Å². The van der Waals surface area contributed by atoms with E-state index in [1.165, 1.54) is 53.4 Å². The number of ether oxygens (including phenoxy) is 3. The van der Waals surface area contributed by atoms with Crippen molar-refractivity contribution < 1.29 is 19.0 Å². The first-order valence-corrected chi connectivity index (χ1v) is 12.7. The molecule has 0 aromatic heterocycles. The van der Waals surface area contributed by atoms with Crippen LogP contribution in [0.3, 0.4) is 0 Å². The summed E-state index contributed by atoms with van der Waals surface area (Å²) in [6.45, 7) is 0.532. The average molecular weight is 493 g/mol. The van der Waals surface area contributed by atoms with E-state index in [2.05, 4.69) is 5.32 Å². The van der Waals surface area contributed by atoms with E-state index in [1.807, 2.05) is 30.0 Å². The van der Waals surface area contributed by atoms with Crippen LogP contribution < -0.4 is 25.3 Å². The molecule has 1 aliphatic rings. The fraction of sp³-hybridized carbons (Fsp3) is 0.480. The molecule has 0 radical (unpaired) electrons. The number of nitrogens with one attached hydrogen (secondary N) is 1. The van der Waals surface area contributed by atoms with Crippen LogP contribution in [0.25, 0.3) is 0 Å². The van der Waals surface area contributed by atoms with E-state index in [0.717, 1.165) is 17.0 Å². The molecule has 6 nitrogen and oxygen atoms in total. The Hall–Kier alpha value is -2.25. The minimum Gasteiger partial charge on any atom is -0.493 e. The van der Waals surface area contributed by atoms with E-state index >= 15 is 0 Å². The number of thioether (sulfide) groups is 1. The Kier molecular flexibility index (Phi) is 9.44. The fourth-order valence-corrected chi connectivity index (χ4v) is 5.96. The van der Waals surface area contributed by atoms with Gasteiger partial charge in [0.1, 0.15) is 0 Å². The number of rotatable bonds is 10. The Morgan fingerprint density at radius 2 is 1.76 bits per heavy atom. The van der Waals surface area contributed by atoms with Gasteiger partial charge in [-0.3, -0.25) is 4.79 Å². The molecule has 8 heteroatoms. The van der Waals surface area contributed by atoms with Crippen molar-refractivity contribution in [1.29, 1.82) is 0 Å². The molecule has 1 fully saturated rings. The lowest BCUT2D eigenvalue weighted by Gasteiger charge is -2.31. The zero-order valence-corrected chi connectivity index (χ0v) is 21.1. The maximum Gasteiger partial charge on any atom is 0.251 e. The Bertz CT molecular complexity index is 925. The second-order valence-corrected chi connectivity index (χ2v) is 9.82. The number of hydrogen-bond donors (Lipinski definition) is 2. The van der Waals surface area contributed by atoms with Gasteiger partial charge in [-0.2, -0.15) is 11.8 Å². The van der Waals surface area contributed by atoms with Crippen LogP contribution in [-0.2, 0) is 0 Å². The molecule has 3 rings (SSSR count). The molecule has 1 atom stereocenters. The highest BCUT2D eigenvalue weighted by Crippen LogP contribution is 2.45. The van der Waals surface area contributed by atoms with Crippen LogP contribution in [0.5, 0.6) is 17.2 Å². The first-order chi connectivity index (χ1) is 16.0. The van der Waals surface area contributed by atoms with Gasteiger partial charge >= 0.3 is 0 Å². The number of benzene rings is 2. The second-order valence-electron chi connectivity index (χ2n) is 8.13. The zero-order valence-electron chi connectivity index (χ0n) is 19.5. The van der Waals surface area contributed by atoms with Crippen LogP contribution >= 0.6 is 23.4 Å². The highest BCUT2D eigenvalue weighted by atomic mass is 35.5. The van der Waals surface area contributed by atoms with Gasteiger partial charge in [0.2, 0.25) is 5.75 Å². The Labute approximate surface area is 205 Å². The molecule has 1 aliphatic carbocycles. The molecular weight excluding hydrogens is 460 g/mol. The van der Waals surface area contributed by atoms with Gasteiger partial charge in [0, 0.05) is 33.8 Å². The number of methoxy groups -OCH3 is 3. The molecule has 180 valence electrons. The predicted octanol–water partition coefficient (Wildman–Crippen LogP) is 5.73. The Balaban J connectivity index is 1.66. The first kappa shape index (κ1) is 25.4. The maximum absolute atomic E-state index is 12.8. The monoisotopic (exact) mass is 492 g/mol. The third kappa shape index (κ3) is 6.42. The number of carbonyl (C=O) groups excluding carboxylic acids is 1. The summed E-state index contributed by atoms with van der Waals surface area (Å²) in [5, 5.41) is 3.98. The number of amides is 1. The summed E-state index contributed by atoms with van der Waals surface area (Å²) in [5.74, 6) is 2.50. The number of nitrogen functional groups attached to an aromatic ring is 1. The minimum absolute atomic E-state index is 0.189. The Morgan fingerprint density at radius 3 is 2.36 bits per heavy atom. The third-order valence-corrected chi connectivity index (χ3v) is 7.72. The van der Waals surface area contributed by atoms with Crippen LogP contribution in [-0.4, -0.2) is 39.5 Å². The molecular formula is C25H33ClN2O4S. The van der Waals surface area contributed by atoms with Crippen LogP contribution in [0.1, 0.15) is 53.3 Å². The maximum atomic E-state index is 12.8. The van der Waals surface area contributed by atoms with Crippen molar-refractivity contribution in [2.24, 2.45) is 5.92 Å². The van der Waals surface area contributed by atoms with Gasteiger partial charge in [-0.1, -0.05) is 30.9 Å². The van der Waals surface area contributed by atoms with Crippen molar-refractivity contribution >= 4 is 35.0 Å². The number of carbonyl (C=O) groups is 1. The molecule has 1 amide bonds. The number of hydrogen-bond acceptors (Lipinski definition) is 6. The van der Waals surface area contributed by atoms with Gasteiger partial charge in [-0.25, -0.2) is 0 Å². The summed E-state index contributed by atoms with van der Waals surface area (Å²) in [6, 6.07) is 9.03. The van der Waals surface area contributed by atoms with Gasteiger partial charge < -0.3 is 25.3 Å². The van der Waals surface area contributed by atoms with Crippen molar-refractivity contribution in [3.05, 3.63) is 46.5 Å². The number of anilines is 1. The highest BCUT2D eigenvalue weighted by Gasteiger charge is 2.27. The minimum atomic E-state index is -0.189. The molecule has 33 heavy (non-hydrogen) atoms. The van der Waals surface area contributed by atoms with E-state index in [1.54, 1.807) is 12.1 Å². The largest absolute Gasteiger partial charge is 0.493 e. The molecule has 0 saturated heterocycles. The molecule has 0 aliphatic heterocycles. The molecule has 1 saturated carbocycles. The van der Waals surface area contributed by atoms with Crippen LogP contribution in [0.15, 0.2) is 30.3 Å². The Morgan fingerprint density at radius 1 is 1.09 bits per heavy atom. The summed E-state index contributed by atoms with van der Waals surface area (Å²) in [4.78, 5) is 12.8. The SMILES string of the molecule is COc1cc(C(=O)NCCSC(c2cc(Cl)ccc2N)C2CCCCC2)cc(OC)c1OC. The lowest BCUT2D eigenvalue weighted by Crippen LogP contribution is -2.26. The smallest absolute Gasteiger partial charge is 0.251 e. The fourth-order valence-electron chi connectivity index (χ4n) is 4.37. The van der Waals surface area contributed by atoms with Crippen molar-refractivity contribution in [1.82, 2.24) is 5.32 Å². The van der Waals surface area contributed by atoms with Crippen LogP contribution in [0.2, 0.25) is 5.02 Å². The summed E-state index contributed by atoms with van der Waals surface area (Å²) in [5.41, 5.74) is 8.67. The van der Waals surface area contributed by atoms with Gasteiger partial charge in [0.05, 0.1) is 21.3 Å². The number of halogens is 1. The molecule has 0 spiro atoms. The lowest BCUT2D eigenvalue weighted by atomic mass is 9.84. The van der Waals surface area contributed by atoms with Gasteiger partial charge in [-0.15, -0.1) is 0 Å². The third-order valence-electron chi connectivity index (χ3n) is 6.05. The second kappa shape index (κ2) is 12.3. The van der Waals surface area contributed by atoms with E-state index in [-0.39, 0.29) is 11.2 Å². The van der Waals surface area contributed by atoms with Gasteiger partial charge in [0.15, 0.2) is 11.5 Å². The van der Waals surface area contributed by atoms with Gasteiger partial charge in [0.25, 0.3) is 5.91 Å². The van der Waals surface area contributed by atoms with E-state index in [9.17, 15) is 4.79 Å². The normalized spacial score (nSPS) is 15.0. The average Bonchev–Trinajstić information content (AvgIpc) is 2.85. The number of nitrogens with two attached hydrogens (primary N) is 1.